The Kier molecular flexibility index (Phi) is 7.02. The lowest BCUT2D eigenvalue weighted by Gasteiger charge is -2.51. The molecule has 3 fully saturated rings. The minimum Gasteiger partial charge on any atom is -0.314 e. The Morgan fingerprint density at radius 2 is 1.90 bits per heavy atom. The summed E-state index contributed by atoms with van der Waals surface area (Å²) in [5.41, 5.74) is 0.430. The standard InChI is InChI=1S/C21H35N5O3S2/c1-13-4-7-19(26-10-8-22-9-11-26)18-12-16(5-6-17(13)18)25-31(28,29)20-14(2)23-21(30-20)24-15(3)27/h13,16-19,22,25H,4-12H2,1-3H3,(H,23,24,27)/t13?,16-,17?,18?,19?/m1/s1. The van der Waals surface area contributed by atoms with Gasteiger partial charge in [-0.3, -0.25) is 9.69 Å². The smallest absolute Gasteiger partial charge is 0.252 e. The highest BCUT2D eigenvalue weighted by Gasteiger charge is 2.44. The molecule has 10 heteroatoms. The number of hydrogen-bond acceptors (Lipinski definition) is 7. The maximum Gasteiger partial charge on any atom is 0.252 e. The van der Waals surface area contributed by atoms with E-state index in [1.54, 1.807) is 6.92 Å². The number of nitrogens with one attached hydrogen (secondary N) is 3. The van der Waals surface area contributed by atoms with Crippen LogP contribution in [0.25, 0.3) is 0 Å². The number of carbonyl (C=O) groups is 1. The summed E-state index contributed by atoms with van der Waals surface area (Å²) in [5, 5.41) is 6.37. The van der Waals surface area contributed by atoms with E-state index in [0.29, 0.717) is 34.6 Å². The summed E-state index contributed by atoms with van der Waals surface area (Å²) < 4.78 is 29.5. The van der Waals surface area contributed by atoms with Crippen LogP contribution in [0.15, 0.2) is 4.21 Å². The van der Waals surface area contributed by atoms with Gasteiger partial charge in [-0.2, -0.15) is 0 Å². The van der Waals surface area contributed by atoms with Crippen LogP contribution >= 0.6 is 11.3 Å². The van der Waals surface area contributed by atoms with Crippen molar-refractivity contribution >= 4 is 32.4 Å². The lowest BCUT2D eigenvalue weighted by Crippen LogP contribution is -2.56. The molecule has 1 aromatic heterocycles. The topological polar surface area (TPSA) is 103 Å². The van der Waals surface area contributed by atoms with Gasteiger partial charge in [-0.1, -0.05) is 18.3 Å². The summed E-state index contributed by atoms with van der Waals surface area (Å²) in [5.74, 6) is 1.69. The average molecular weight is 470 g/mol. The summed E-state index contributed by atoms with van der Waals surface area (Å²) in [6, 6.07) is 0.514. The SMILES string of the molecule is CC(=O)Nc1nc(C)c(S(=O)(=O)N[C@@H]2CCC3C(C)CCC(N4CCNCC4)C3C2)s1. The van der Waals surface area contributed by atoms with Crippen LogP contribution in [0.2, 0.25) is 0 Å². The second kappa shape index (κ2) is 9.43. The average Bonchev–Trinajstić information content (AvgIpc) is 3.09. The molecule has 1 amide bonds. The quantitative estimate of drug-likeness (QED) is 0.611. The van der Waals surface area contributed by atoms with Crippen LogP contribution in [-0.2, 0) is 14.8 Å². The fraction of sp³-hybridized carbons (Fsp3) is 0.810. The molecule has 0 spiro atoms. The third-order valence-corrected chi connectivity index (χ3v) is 10.5. The Morgan fingerprint density at radius 3 is 2.61 bits per heavy atom. The van der Waals surface area contributed by atoms with E-state index in [0.717, 1.165) is 56.8 Å². The van der Waals surface area contributed by atoms with Crippen molar-refractivity contribution in [2.24, 2.45) is 17.8 Å². The number of rotatable bonds is 5. The van der Waals surface area contributed by atoms with Gasteiger partial charge in [0.15, 0.2) is 9.34 Å². The van der Waals surface area contributed by atoms with Crippen molar-refractivity contribution in [3.8, 4) is 0 Å². The van der Waals surface area contributed by atoms with Gasteiger partial charge in [-0.25, -0.2) is 18.1 Å². The summed E-state index contributed by atoms with van der Waals surface area (Å²) in [7, 11) is -3.67. The van der Waals surface area contributed by atoms with Gasteiger partial charge >= 0.3 is 0 Å². The maximum atomic E-state index is 13.2. The van der Waals surface area contributed by atoms with Crippen LogP contribution in [0, 0.1) is 24.7 Å². The molecule has 1 aliphatic heterocycles. The van der Waals surface area contributed by atoms with Gasteiger partial charge in [0.05, 0.1) is 5.69 Å². The molecule has 3 aliphatic rings. The predicted octanol–water partition coefficient (Wildman–Crippen LogP) is 2.18. The molecule has 2 heterocycles. The predicted molar refractivity (Wildman–Crippen MR) is 123 cm³/mol. The Hall–Kier alpha value is -1.07. The number of hydrogen-bond donors (Lipinski definition) is 3. The molecule has 0 aromatic carbocycles. The van der Waals surface area contributed by atoms with Crippen molar-refractivity contribution in [2.45, 2.75) is 69.2 Å². The van der Waals surface area contributed by atoms with Gasteiger partial charge in [0.1, 0.15) is 0 Å². The number of aromatic nitrogens is 1. The summed E-state index contributed by atoms with van der Waals surface area (Å²) >= 11 is 1.02. The molecule has 2 saturated carbocycles. The van der Waals surface area contributed by atoms with E-state index in [-0.39, 0.29) is 16.2 Å². The molecular formula is C21H35N5O3S2. The minimum absolute atomic E-state index is 0.0484. The van der Waals surface area contributed by atoms with Crippen LogP contribution in [-0.4, -0.2) is 62.5 Å². The first kappa shape index (κ1) is 23.1. The molecule has 4 rings (SSSR count). The van der Waals surface area contributed by atoms with Crippen molar-refractivity contribution < 1.29 is 13.2 Å². The number of anilines is 1. The molecule has 4 unspecified atom stereocenters. The van der Waals surface area contributed by atoms with Crippen molar-refractivity contribution in [1.82, 2.24) is 19.9 Å². The molecule has 2 aliphatic carbocycles. The molecule has 8 nitrogen and oxygen atoms in total. The summed E-state index contributed by atoms with van der Waals surface area (Å²) in [6.45, 7) is 9.70. The highest BCUT2D eigenvalue weighted by Crippen LogP contribution is 2.46. The number of carbonyl (C=O) groups excluding carboxylic acids is 1. The third kappa shape index (κ3) is 5.13. The van der Waals surface area contributed by atoms with Crippen LogP contribution < -0.4 is 15.4 Å². The molecule has 5 atom stereocenters. The zero-order valence-electron chi connectivity index (χ0n) is 18.7. The molecule has 0 bridgehead atoms. The highest BCUT2D eigenvalue weighted by molar-refractivity contribution is 7.91. The first-order chi connectivity index (χ1) is 14.7. The molecule has 174 valence electrons. The van der Waals surface area contributed by atoms with E-state index in [4.69, 9.17) is 0 Å². The number of nitrogens with zero attached hydrogens (tertiary/aromatic N) is 2. The Labute approximate surface area is 189 Å². The van der Waals surface area contributed by atoms with Crippen LogP contribution in [0.5, 0.6) is 0 Å². The van der Waals surface area contributed by atoms with E-state index in [1.807, 2.05) is 0 Å². The van der Waals surface area contributed by atoms with Crippen LogP contribution in [0.3, 0.4) is 0 Å². The molecule has 3 N–H and O–H groups in total. The monoisotopic (exact) mass is 469 g/mol. The van der Waals surface area contributed by atoms with E-state index >= 15 is 0 Å². The first-order valence-electron chi connectivity index (χ1n) is 11.5. The van der Waals surface area contributed by atoms with E-state index in [1.165, 1.54) is 19.8 Å². The van der Waals surface area contributed by atoms with Crippen molar-refractivity contribution in [1.29, 1.82) is 0 Å². The number of sulfonamides is 1. The molecule has 1 aromatic rings. The van der Waals surface area contributed by atoms with E-state index < -0.39 is 10.0 Å². The van der Waals surface area contributed by atoms with Crippen molar-refractivity contribution in [3.63, 3.8) is 0 Å². The number of amides is 1. The Balaban J connectivity index is 1.48. The van der Waals surface area contributed by atoms with Gasteiger partial charge in [0, 0.05) is 45.2 Å². The van der Waals surface area contributed by atoms with Gasteiger partial charge in [0.25, 0.3) is 10.0 Å². The van der Waals surface area contributed by atoms with Crippen LogP contribution in [0.1, 0.15) is 51.6 Å². The third-order valence-electron chi connectivity index (χ3n) is 7.32. The summed E-state index contributed by atoms with van der Waals surface area (Å²) in [4.78, 5) is 18.2. The van der Waals surface area contributed by atoms with Crippen molar-refractivity contribution in [3.05, 3.63) is 5.69 Å². The van der Waals surface area contributed by atoms with E-state index in [9.17, 15) is 13.2 Å². The minimum atomic E-state index is -3.67. The number of aryl methyl sites for hydroxylation is 1. The largest absolute Gasteiger partial charge is 0.314 e. The van der Waals surface area contributed by atoms with Gasteiger partial charge < -0.3 is 10.6 Å². The number of fused-ring (bicyclic) bond motifs is 1. The lowest BCUT2D eigenvalue weighted by molar-refractivity contribution is -0.114. The number of thiazole rings is 1. The summed E-state index contributed by atoms with van der Waals surface area (Å²) in [6.07, 6.45) is 5.36. The fourth-order valence-electron chi connectivity index (χ4n) is 5.92. The molecule has 0 radical (unpaired) electrons. The van der Waals surface area contributed by atoms with Gasteiger partial charge in [-0.05, 0) is 56.8 Å². The Morgan fingerprint density at radius 1 is 1.16 bits per heavy atom. The lowest BCUT2D eigenvalue weighted by atomic mass is 9.62. The Bertz CT molecular complexity index is 897. The van der Waals surface area contributed by atoms with Crippen LogP contribution in [0.4, 0.5) is 5.13 Å². The molecule has 1 saturated heterocycles. The second-order valence-corrected chi connectivity index (χ2v) is 12.3. The zero-order chi connectivity index (χ0) is 22.2. The first-order valence-corrected chi connectivity index (χ1v) is 13.8. The number of piperazine rings is 1. The van der Waals surface area contributed by atoms with E-state index in [2.05, 4.69) is 32.2 Å². The fourth-order valence-corrected chi connectivity index (χ4v) is 8.68. The second-order valence-electron chi connectivity index (χ2n) is 9.44. The highest BCUT2D eigenvalue weighted by atomic mass is 32.2. The maximum absolute atomic E-state index is 13.2. The van der Waals surface area contributed by atoms with Crippen molar-refractivity contribution in [2.75, 3.05) is 31.5 Å². The zero-order valence-corrected chi connectivity index (χ0v) is 20.3. The normalized spacial score (nSPS) is 32.4. The van der Waals surface area contributed by atoms with Gasteiger partial charge in [0.2, 0.25) is 5.91 Å². The molecule has 31 heavy (non-hydrogen) atoms. The molecular weight excluding hydrogens is 434 g/mol. The van der Waals surface area contributed by atoms with Gasteiger partial charge in [-0.15, -0.1) is 0 Å².